The lowest BCUT2D eigenvalue weighted by Crippen LogP contribution is -2.53. The lowest BCUT2D eigenvalue weighted by Gasteiger charge is -2.38. The van der Waals surface area contributed by atoms with E-state index in [-0.39, 0.29) is 24.3 Å². The Kier molecular flexibility index (Phi) is 3.19. The molecule has 7 heteroatoms. The number of benzene rings is 2. The van der Waals surface area contributed by atoms with Crippen LogP contribution < -0.4 is 15.6 Å². The molecule has 0 saturated carbocycles. The quantitative estimate of drug-likeness (QED) is 0.793. The summed E-state index contributed by atoms with van der Waals surface area (Å²) in [5, 5.41) is 6.31. The number of carbonyl (C=O) groups excluding carboxylic acids is 3. The fourth-order valence-corrected chi connectivity index (χ4v) is 4.26. The fourth-order valence-electron chi connectivity index (χ4n) is 4.26. The highest BCUT2D eigenvalue weighted by Gasteiger charge is 2.41. The minimum absolute atomic E-state index is 0.170. The molecule has 3 amide bonds. The molecule has 2 saturated heterocycles. The van der Waals surface area contributed by atoms with Gasteiger partial charge in [0.2, 0.25) is 11.8 Å². The summed E-state index contributed by atoms with van der Waals surface area (Å²) >= 11 is 0. The molecule has 0 aliphatic carbocycles. The molecule has 26 heavy (non-hydrogen) atoms. The van der Waals surface area contributed by atoms with Gasteiger partial charge in [0.05, 0.1) is 11.7 Å². The summed E-state index contributed by atoms with van der Waals surface area (Å²) in [5.41, 5.74) is 5.87. The number of likely N-dealkylation sites (N-methyl/N-ethyl adjacent to an activating group) is 1. The number of nitrogens with one attached hydrogen (secondary N) is 2. The van der Waals surface area contributed by atoms with Crippen molar-refractivity contribution in [3.05, 3.63) is 41.5 Å². The molecule has 2 atom stereocenters. The van der Waals surface area contributed by atoms with Crippen LogP contribution in [0.3, 0.4) is 0 Å². The largest absolute Gasteiger partial charge is 0.295 e. The molecule has 3 aliphatic rings. The standard InChI is InChI=1S/C19H18N4O3/c1-22-9-13(21-22)10-5-6-12-17-11(10)3-2-4-14(17)23(19(12)26)15-7-8-16(24)20-18(15)25/h2-6,13,15,21H,7-9H2,1H3,(H,20,24,25). The highest BCUT2D eigenvalue weighted by molar-refractivity contribution is 6.27. The molecule has 0 spiro atoms. The molecule has 7 nitrogen and oxygen atoms in total. The number of hydrogen-bond acceptors (Lipinski definition) is 5. The molecular formula is C19H18N4O3. The summed E-state index contributed by atoms with van der Waals surface area (Å²) in [7, 11) is 1.99. The van der Waals surface area contributed by atoms with Crippen LogP contribution in [0.1, 0.15) is 34.8 Å². The van der Waals surface area contributed by atoms with Gasteiger partial charge < -0.3 is 0 Å². The Morgan fingerprint density at radius 1 is 1.12 bits per heavy atom. The summed E-state index contributed by atoms with van der Waals surface area (Å²) in [6, 6.07) is 9.26. The molecule has 0 radical (unpaired) electrons. The van der Waals surface area contributed by atoms with Gasteiger partial charge in [0, 0.05) is 31.0 Å². The zero-order chi connectivity index (χ0) is 18.0. The van der Waals surface area contributed by atoms with E-state index in [9.17, 15) is 14.4 Å². The maximum Gasteiger partial charge on any atom is 0.259 e. The number of rotatable bonds is 2. The first-order valence-electron chi connectivity index (χ1n) is 8.75. The van der Waals surface area contributed by atoms with Gasteiger partial charge in [0.15, 0.2) is 0 Å². The second-order valence-electron chi connectivity index (χ2n) is 7.11. The first kappa shape index (κ1) is 15.5. The smallest absolute Gasteiger partial charge is 0.259 e. The van der Waals surface area contributed by atoms with E-state index in [0.717, 1.165) is 28.6 Å². The van der Waals surface area contributed by atoms with Gasteiger partial charge >= 0.3 is 0 Å². The molecule has 0 aromatic heterocycles. The number of hydrazine groups is 1. The van der Waals surface area contributed by atoms with Crippen LogP contribution >= 0.6 is 0 Å². The summed E-state index contributed by atoms with van der Waals surface area (Å²) in [4.78, 5) is 38.4. The van der Waals surface area contributed by atoms with Crippen molar-refractivity contribution < 1.29 is 14.4 Å². The summed E-state index contributed by atoms with van der Waals surface area (Å²) in [6.07, 6.45) is 0.596. The number of amides is 3. The Labute approximate surface area is 149 Å². The predicted molar refractivity (Wildman–Crippen MR) is 95.4 cm³/mol. The molecular weight excluding hydrogens is 332 g/mol. The normalized spacial score (nSPS) is 25.6. The van der Waals surface area contributed by atoms with Crippen molar-refractivity contribution in [3.8, 4) is 0 Å². The molecule has 3 heterocycles. The van der Waals surface area contributed by atoms with E-state index in [1.54, 1.807) is 4.90 Å². The number of anilines is 1. The Bertz CT molecular complexity index is 980. The molecule has 2 N–H and O–H groups in total. The van der Waals surface area contributed by atoms with Crippen molar-refractivity contribution in [2.45, 2.75) is 24.9 Å². The Hall–Kier alpha value is -2.77. The number of carbonyl (C=O) groups is 3. The van der Waals surface area contributed by atoms with Gasteiger partial charge in [0.25, 0.3) is 5.91 Å². The first-order chi connectivity index (χ1) is 12.5. The summed E-state index contributed by atoms with van der Waals surface area (Å²) < 4.78 is 0. The average Bonchev–Trinajstić information content (AvgIpc) is 2.87. The molecule has 3 aliphatic heterocycles. The van der Waals surface area contributed by atoms with Crippen LogP contribution in [0, 0.1) is 0 Å². The van der Waals surface area contributed by atoms with Crippen molar-refractivity contribution in [1.82, 2.24) is 15.8 Å². The maximum absolute atomic E-state index is 13.1. The van der Waals surface area contributed by atoms with E-state index in [1.165, 1.54) is 0 Å². The van der Waals surface area contributed by atoms with Crippen LogP contribution in [0.15, 0.2) is 30.3 Å². The third-order valence-electron chi connectivity index (χ3n) is 5.49. The van der Waals surface area contributed by atoms with E-state index >= 15 is 0 Å². The second-order valence-corrected chi connectivity index (χ2v) is 7.11. The number of hydrogen-bond donors (Lipinski definition) is 2. The van der Waals surface area contributed by atoms with Crippen LogP contribution in [-0.2, 0) is 9.59 Å². The van der Waals surface area contributed by atoms with E-state index in [2.05, 4.69) is 10.7 Å². The Balaban J connectivity index is 1.62. The minimum Gasteiger partial charge on any atom is -0.295 e. The fraction of sp³-hybridized carbons (Fsp3) is 0.316. The van der Waals surface area contributed by atoms with Crippen LogP contribution in [0.4, 0.5) is 5.69 Å². The predicted octanol–water partition coefficient (Wildman–Crippen LogP) is 1.10. The molecule has 5 rings (SSSR count). The Morgan fingerprint density at radius 2 is 1.92 bits per heavy atom. The van der Waals surface area contributed by atoms with Gasteiger partial charge in [-0.3, -0.25) is 24.6 Å². The lowest BCUT2D eigenvalue weighted by molar-refractivity contribution is -0.134. The van der Waals surface area contributed by atoms with Gasteiger partial charge in [-0.25, -0.2) is 10.4 Å². The zero-order valence-electron chi connectivity index (χ0n) is 14.3. The van der Waals surface area contributed by atoms with Crippen LogP contribution in [0.25, 0.3) is 10.8 Å². The highest BCUT2D eigenvalue weighted by atomic mass is 16.2. The van der Waals surface area contributed by atoms with Crippen LogP contribution in [0.2, 0.25) is 0 Å². The van der Waals surface area contributed by atoms with Crippen molar-refractivity contribution in [1.29, 1.82) is 0 Å². The number of nitrogens with zero attached hydrogens (tertiary/aromatic N) is 2. The van der Waals surface area contributed by atoms with Crippen molar-refractivity contribution in [2.24, 2.45) is 0 Å². The molecule has 0 bridgehead atoms. The van der Waals surface area contributed by atoms with Crippen LogP contribution in [0.5, 0.6) is 0 Å². The second kappa shape index (κ2) is 5.36. The topological polar surface area (TPSA) is 81.8 Å². The lowest BCUT2D eigenvalue weighted by atomic mass is 9.94. The molecule has 132 valence electrons. The number of piperidine rings is 1. The minimum atomic E-state index is -0.644. The van der Waals surface area contributed by atoms with Crippen molar-refractivity contribution in [2.75, 3.05) is 18.5 Å². The zero-order valence-corrected chi connectivity index (χ0v) is 14.3. The maximum atomic E-state index is 13.1. The summed E-state index contributed by atoms with van der Waals surface area (Å²) in [6.45, 7) is 0.906. The van der Waals surface area contributed by atoms with E-state index < -0.39 is 11.9 Å². The summed E-state index contributed by atoms with van der Waals surface area (Å²) in [5.74, 6) is -0.853. The third kappa shape index (κ3) is 2.04. The Morgan fingerprint density at radius 3 is 2.65 bits per heavy atom. The van der Waals surface area contributed by atoms with Gasteiger partial charge in [-0.05, 0) is 29.5 Å². The van der Waals surface area contributed by atoms with Gasteiger partial charge in [-0.2, -0.15) is 0 Å². The SMILES string of the molecule is CN1CC(c2ccc3c4c(cccc24)N(C2CCC(=O)NC2=O)C3=O)N1. The van der Waals surface area contributed by atoms with Gasteiger partial charge in [-0.15, -0.1) is 0 Å². The molecule has 2 unspecified atom stereocenters. The van der Waals surface area contributed by atoms with E-state index in [0.29, 0.717) is 12.0 Å². The highest BCUT2D eigenvalue weighted by Crippen LogP contribution is 2.42. The van der Waals surface area contributed by atoms with Gasteiger partial charge in [-0.1, -0.05) is 18.2 Å². The molecule has 2 aromatic rings. The van der Waals surface area contributed by atoms with E-state index in [4.69, 9.17) is 0 Å². The van der Waals surface area contributed by atoms with Crippen LogP contribution in [-0.4, -0.2) is 42.4 Å². The molecule has 2 fully saturated rings. The molecule has 2 aromatic carbocycles. The third-order valence-corrected chi connectivity index (χ3v) is 5.49. The number of imide groups is 1. The first-order valence-corrected chi connectivity index (χ1v) is 8.75. The van der Waals surface area contributed by atoms with Gasteiger partial charge in [0.1, 0.15) is 6.04 Å². The van der Waals surface area contributed by atoms with Crippen molar-refractivity contribution in [3.63, 3.8) is 0 Å². The average molecular weight is 350 g/mol. The van der Waals surface area contributed by atoms with Crippen molar-refractivity contribution >= 4 is 34.2 Å². The monoisotopic (exact) mass is 350 g/mol. The van der Waals surface area contributed by atoms with E-state index in [1.807, 2.05) is 42.4 Å².